The van der Waals surface area contributed by atoms with Crippen molar-refractivity contribution in [2.75, 3.05) is 5.75 Å². The van der Waals surface area contributed by atoms with Crippen LogP contribution in [-0.2, 0) is 15.9 Å². The molecule has 0 atom stereocenters. The average Bonchev–Trinajstić information content (AvgIpc) is 2.44. The smallest absolute Gasteiger partial charge is 0.212 e. The quantitative estimate of drug-likeness (QED) is 0.278. The number of aryl methyl sites for hydroxylation is 2. The van der Waals surface area contributed by atoms with E-state index in [2.05, 4.69) is 57.3 Å². The molecule has 102 valence electrons. The topological polar surface area (TPSA) is 42.6 Å². The van der Waals surface area contributed by atoms with E-state index in [9.17, 15) is 0 Å². The fourth-order valence-electron chi connectivity index (χ4n) is 2.15. The molecule has 0 aliphatic carbocycles. The van der Waals surface area contributed by atoms with Crippen LogP contribution in [0.15, 0.2) is 36.4 Å². The molecule has 5 heteroatoms. The van der Waals surface area contributed by atoms with Crippen molar-refractivity contribution < 1.29 is 19.2 Å². The van der Waals surface area contributed by atoms with E-state index in [0.29, 0.717) is 0 Å². The van der Waals surface area contributed by atoms with E-state index in [0.717, 1.165) is 37.2 Å². The third-order valence-corrected chi connectivity index (χ3v) is 3.71. The average molecular weight is 280 g/mol. The van der Waals surface area contributed by atoms with Crippen LogP contribution >= 0.6 is 12.0 Å². The van der Waals surface area contributed by atoms with Gasteiger partial charge >= 0.3 is 0 Å². The summed E-state index contributed by atoms with van der Waals surface area (Å²) in [4.78, 5) is 0. The summed E-state index contributed by atoms with van der Waals surface area (Å²) in [6.45, 7) is 3.11. The molecule has 0 aliphatic rings. The fourth-order valence-corrected chi connectivity index (χ4v) is 2.58. The van der Waals surface area contributed by atoms with E-state index in [-0.39, 0.29) is 0 Å². The first-order valence-corrected chi connectivity index (χ1v) is 7.22. The Morgan fingerprint density at radius 3 is 2.84 bits per heavy atom. The van der Waals surface area contributed by atoms with E-state index < -0.39 is 0 Å². The van der Waals surface area contributed by atoms with Gasteiger partial charge in [0, 0.05) is 48.7 Å². The van der Waals surface area contributed by atoms with Gasteiger partial charge in [-0.3, -0.25) is 0 Å². The molecule has 2 rings (SSSR count). The molecule has 0 saturated carbocycles. The minimum Gasteiger partial charge on any atom is -0.220 e. The number of hydrogen-bond acceptors (Lipinski definition) is 4. The van der Waals surface area contributed by atoms with Gasteiger partial charge in [-0.1, -0.05) is 17.2 Å². The molecule has 0 saturated heterocycles. The van der Waals surface area contributed by atoms with Crippen LogP contribution in [0.3, 0.4) is 0 Å². The number of hydrogen-bond donors (Lipinski definition) is 1. The van der Waals surface area contributed by atoms with Crippen LogP contribution in [0.2, 0.25) is 0 Å². The van der Waals surface area contributed by atoms with Crippen molar-refractivity contribution in [3.63, 3.8) is 0 Å². The molecule has 2 aromatic rings. The number of benzene rings is 1. The van der Waals surface area contributed by atoms with E-state index in [4.69, 9.17) is 5.26 Å². The molecule has 0 fully saturated rings. The molecule has 1 aromatic heterocycles. The highest BCUT2D eigenvalue weighted by molar-refractivity contribution is 7.94. The Bertz CT molecular complexity index is 533. The van der Waals surface area contributed by atoms with Crippen LogP contribution in [-0.4, -0.2) is 11.0 Å². The summed E-state index contributed by atoms with van der Waals surface area (Å²) < 4.78 is 6.68. The lowest BCUT2D eigenvalue weighted by molar-refractivity contribution is -0.677. The van der Waals surface area contributed by atoms with Crippen LogP contribution in [0.4, 0.5) is 0 Å². The van der Waals surface area contributed by atoms with Gasteiger partial charge in [0.05, 0.1) is 0 Å². The number of pyridine rings is 1. The Kier molecular flexibility index (Phi) is 5.60. The van der Waals surface area contributed by atoms with E-state index in [1.54, 1.807) is 0 Å². The fraction of sp³-hybridized carbons (Fsp3) is 0.357. The van der Waals surface area contributed by atoms with Crippen molar-refractivity contribution in [2.45, 2.75) is 26.3 Å². The highest BCUT2D eigenvalue weighted by atomic mass is 32.2. The summed E-state index contributed by atoms with van der Waals surface area (Å²) in [5.41, 5.74) is 2.53. The van der Waals surface area contributed by atoms with Crippen molar-refractivity contribution >= 4 is 22.9 Å². The second-order valence-electron chi connectivity index (χ2n) is 4.36. The van der Waals surface area contributed by atoms with Gasteiger partial charge in [-0.05, 0) is 18.6 Å². The van der Waals surface area contributed by atoms with Gasteiger partial charge in [0.15, 0.2) is 5.69 Å². The van der Waals surface area contributed by atoms with Gasteiger partial charge in [-0.2, -0.15) is 4.57 Å². The van der Waals surface area contributed by atoms with Crippen molar-refractivity contribution in [2.24, 2.45) is 0 Å². The molecule has 0 radical (unpaired) electrons. The minimum absolute atomic E-state index is 0.797. The zero-order chi connectivity index (χ0) is 13.5. The maximum atomic E-state index is 8.01. The first-order chi connectivity index (χ1) is 9.33. The number of nitrogens with zero attached hydrogens (tertiary/aromatic N) is 1. The third-order valence-electron chi connectivity index (χ3n) is 3.10. The van der Waals surface area contributed by atoms with Crippen molar-refractivity contribution in [1.82, 2.24) is 0 Å². The molecule has 0 aliphatic heterocycles. The predicted octanol–water partition coefficient (Wildman–Crippen LogP) is 3.29. The zero-order valence-corrected chi connectivity index (χ0v) is 11.7. The number of para-hydroxylation sites is 1. The van der Waals surface area contributed by atoms with Crippen LogP contribution in [0.25, 0.3) is 10.9 Å². The Morgan fingerprint density at radius 1 is 1.16 bits per heavy atom. The Labute approximate surface area is 117 Å². The molecule has 1 heterocycles. The number of aromatic nitrogens is 1. The molecular weight excluding hydrogens is 262 g/mol. The van der Waals surface area contributed by atoms with Crippen LogP contribution in [0, 0.1) is 6.92 Å². The second-order valence-corrected chi connectivity index (χ2v) is 5.14. The normalized spacial score (nSPS) is 11.1. The maximum absolute atomic E-state index is 8.01. The molecular formula is C14H18NO3S+. The summed E-state index contributed by atoms with van der Waals surface area (Å²) in [5, 5.41) is 12.8. The third kappa shape index (κ3) is 3.91. The molecule has 1 N–H and O–H groups in total. The maximum Gasteiger partial charge on any atom is 0.212 e. The molecule has 0 unspecified atom stereocenters. The standard InChI is InChI=1S/C14H17NO3S/c1-12-8-9-13-6-2-3-7-14(13)15(12)10-4-5-11-19-18-17-16/h2-3,6-9H,4-5,10-11H2,1H3/p+1. The minimum atomic E-state index is 0.797. The highest BCUT2D eigenvalue weighted by Gasteiger charge is 2.11. The first kappa shape index (κ1) is 14.3. The summed E-state index contributed by atoms with van der Waals surface area (Å²) in [5.74, 6) is 0.797. The van der Waals surface area contributed by atoms with E-state index in [1.165, 1.54) is 16.6 Å². The van der Waals surface area contributed by atoms with Gasteiger partial charge in [0.1, 0.15) is 6.54 Å². The van der Waals surface area contributed by atoms with Crippen molar-refractivity contribution in [1.29, 1.82) is 0 Å². The van der Waals surface area contributed by atoms with Crippen molar-refractivity contribution in [3.05, 3.63) is 42.1 Å². The summed E-state index contributed by atoms with van der Waals surface area (Å²) in [6, 6.07) is 12.7. The monoisotopic (exact) mass is 280 g/mol. The lowest BCUT2D eigenvalue weighted by Gasteiger charge is -2.04. The van der Waals surface area contributed by atoms with Gasteiger partial charge < -0.3 is 0 Å². The van der Waals surface area contributed by atoms with Crippen LogP contribution < -0.4 is 4.57 Å². The van der Waals surface area contributed by atoms with E-state index in [1.807, 2.05) is 0 Å². The lowest BCUT2D eigenvalue weighted by atomic mass is 10.2. The largest absolute Gasteiger partial charge is 0.220 e. The van der Waals surface area contributed by atoms with Crippen LogP contribution in [0.1, 0.15) is 18.5 Å². The number of fused-ring (bicyclic) bond motifs is 1. The predicted molar refractivity (Wildman–Crippen MR) is 75.4 cm³/mol. The molecule has 0 spiro atoms. The summed E-state index contributed by atoms with van der Waals surface area (Å²) in [6.07, 6.45) is 2.06. The van der Waals surface area contributed by atoms with Crippen molar-refractivity contribution in [3.8, 4) is 0 Å². The summed E-state index contributed by atoms with van der Waals surface area (Å²) in [7, 11) is 0. The number of rotatable bonds is 7. The Morgan fingerprint density at radius 2 is 2.00 bits per heavy atom. The second kappa shape index (κ2) is 7.45. The lowest BCUT2D eigenvalue weighted by Crippen LogP contribution is -2.37. The molecule has 0 amide bonds. The Hall–Kier alpha value is -1.14. The van der Waals surface area contributed by atoms with Gasteiger partial charge in [-0.25, -0.2) is 5.26 Å². The SMILES string of the molecule is Cc1ccc2ccccc2[n+]1CCCCSOOO. The highest BCUT2D eigenvalue weighted by Crippen LogP contribution is 2.11. The summed E-state index contributed by atoms with van der Waals surface area (Å²) >= 11 is 1.11. The zero-order valence-electron chi connectivity index (χ0n) is 10.9. The van der Waals surface area contributed by atoms with Gasteiger partial charge in [-0.15, -0.1) is 4.33 Å². The van der Waals surface area contributed by atoms with Crippen LogP contribution in [0.5, 0.6) is 0 Å². The van der Waals surface area contributed by atoms with Gasteiger partial charge in [0.25, 0.3) is 0 Å². The molecule has 1 aromatic carbocycles. The molecule has 19 heavy (non-hydrogen) atoms. The first-order valence-electron chi connectivity index (χ1n) is 6.31. The molecule has 0 bridgehead atoms. The van der Waals surface area contributed by atoms with E-state index >= 15 is 0 Å². The Balaban J connectivity index is 1.98. The molecule has 4 nitrogen and oxygen atoms in total. The van der Waals surface area contributed by atoms with Gasteiger partial charge in [0.2, 0.25) is 5.52 Å². The number of unbranched alkanes of at least 4 members (excludes halogenated alkanes) is 1.